The van der Waals surface area contributed by atoms with Crippen molar-refractivity contribution in [2.24, 2.45) is 64.0 Å². The maximum atomic E-state index is 14.0. The van der Waals surface area contributed by atoms with Crippen LogP contribution in [0.15, 0.2) is 0 Å². The van der Waals surface area contributed by atoms with E-state index in [9.17, 15) is 155 Å². The fourth-order valence-electron chi connectivity index (χ4n) is 13.2. The summed E-state index contributed by atoms with van der Waals surface area (Å²) >= 11 is 0. The highest BCUT2D eigenvalue weighted by molar-refractivity contribution is 6.04. The Hall–Kier alpha value is -14.7. The fourth-order valence-corrected chi connectivity index (χ4v) is 13.2. The summed E-state index contributed by atoms with van der Waals surface area (Å²) in [6, 6.07) is -32.1. The van der Waals surface area contributed by atoms with Gasteiger partial charge < -0.3 is 177 Å². The molecule has 0 aliphatic heterocycles. The molecule has 0 bridgehead atoms. The van der Waals surface area contributed by atoms with E-state index in [0.717, 1.165) is 27.7 Å². The van der Waals surface area contributed by atoms with Crippen LogP contribution in [0.5, 0.6) is 0 Å². The van der Waals surface area contributed by atoms with Gasteiger partial charge in [-0.2, -0.15) is 0 Å². The summed E-state index contributed by atoms with van der Waals surface area (Å²) < 4.78 is 0. The van der Waals surface area contributed by atoms with E-state index < -0.39 is 363 Å². The Morgan fingerprint density at radius 2 is 0.630 bits per heavy atom. The molecule has 0 saturated carbocycles. The highest BCUT2D eigenvalue weighted by atomic mass is 16.4. The average molecular weight is 2090 g/mol. The number of hydrogen-bond acceptors (Lipinski definition) is 32. The molecule has 0 aliphatic carbocycles. The Morgan fingerprint density at radius 3 is 1.07 bits per heavy atom. The number of carbonyl (C=O) groups excluding carboxylic acids is 23. The summed E-state index contributed by atoms with van der Waals surface area (Å²) in [5.74, 6) is -35.0. The molecule has 60 nitrogen and oxygen atoms in total. The molecule has 0 fully saturated rings. The standard InChI is InChI=1S/C86H148N28O32/c1-16-39(10)65(113-73(133)46(21-17-18-24-87)102-71(131)45(88)20-19-25-94-86(92)93)84(144)114-66(44(15)117)80(140)96-32-59(122)110-62(36(4)5)81(141)100-41(12)68(128)97-40(11)67(127)95-31-58(121)101-53(33-115)78(138)99-42(13)69(129)104-51(30-61(125)126)76(136)109-54(34-116)79(139)105-50(29-60(123)124)74(134)98-43(14)70(130)111-63(37(6)7)82(142)107-49(28-57(91)120)77(137)112-64(38(8)9)83(143)106-48(27-56(90)119)75(135)103-47(22-23-55(89)118)72(132)108-52(85(145)146)26-35(2)3/h35-54,62-66,115-117H,16-34,87-88H2,1-15H3,(H2,89,118)(H2,90,119)(H2,91,120)(H,95,127)(H,96,140)(H,97,128)(H,98,134)(H,99,138)(H,100,141)(H,101,121)(H,102,131)(H,103,135)(H,104,129)(H,105,139)(H,106,143)(H,107,142)(H,108,132)(H,109,136)(H,110,122)(H,111,130)(H,112,137)(H,113,133)(H,114,144)(H,123,124)(H,125,126)(H,145,146)(H4,92,93,94)/t39-,40-,41-,42-,43-,44+,45-,46-,47-,48-,49-,50-,51-,52-,53-,54-,62-,63-,64-,65-,66-/m0/s1. The highest BCUT2D eigenvalue weighted by Crippen LogP contribution is 2.16. The van der Waals surface area contributed by atoms with Crippen LogP contribution < -0.4 is 146 Å². The second kappa shape index (κ2) is 66.3. The zero-order valence-electron chi connectivity index (χ0n) is 84.1. The lowest BCUT2D eigenvalue weighted by molar-refractivity contribution is -0.143. The molecule has 0 aliphatic rings. The molecule has 21 atom stereocenters. The van der Waals surface area contributed by atoms with Crippen LogP contribution in [0.1, 0.15) is 187 Å². The second-order valence-corrected chi connectivity index (χ2v) is 36.1. The predicted molar refractivity (Wildman–Crippen MR) is 511 cm³/mol. The molecule has 0 spiro atoms. The molecule has 40 N–H and O–H groups in total. The van der Waals surface area contributed by atoms with Gasteiger partial charge in [-0.15, -0.1) is 0 Å². The Balaban J connectivity index is 6.14. The van der Waals surface area contributed by atoms with Gasteiger partial charge >= 0.3 is 17.9 Å². The third-order valence-corrected chi connectivity index (χ3v) is 21.8. The van der Waals surface area contributed by atoms with Crippen molar-refractivity contribution in [1.82, 2.24) is 112 Å². The number of primary amides is 3. The predicted octanol–water partition coefficient (Wildman–Crippen LogP) is -14.8. The number of nitrogens with one attached hydrogen (secondary N) is 22. The van der Waals surface area contributed by atoms with Gasteiger partial charge in [-0.3, -0.25) is 125 Å². The first-order valence-electron chi connectivity index (χ1n) is 46.8. The maximum absolute atomic E-state index is 14.0. The van der Waals surface area contributed by atoms with Crippen LogP contribution in [0.3, 0.4) is 0 Å². The molecule has 0 aromatic rings. The number of aliphatic hydroxyl groups is 3. The van der Waals surface area contributed by atoms with Gasteiger partial charge in [0.2, 0.25) is 136 Å². The molecule has 0 heterocycles. The minimum atomic E-state index is -2.21. The third-order valence-electron chi connectivity index (χ3n) is 21.8. The summed E-state index contributed by atoms with van der Waals surface area (Å²) in [5.41, 5.74) is 33.2. The molecule has 0 unspecified atom stereocenters. The SMILES string of the molecule is CC[C@H](C)[C@H](NC(=O)[C@H](CCCCN)NC(=O)[C@@H](N)CCCNC(=N)N)C(=O)N[C@H](C(=O)NCC(=O)N[C@H](C(=O)N[C@@H](C)C(=O)N[C@@H](C)C(=O)NCC(=O)N[C@@H](CO)C(=O)N[C@@H](C)C(=O)N[C@@H](CC(=O)O)C(=O)N[C@@H](CO)C(=O)N[C@@H](CC(=O)O)C(=O)N[C@@H](C)C(=O)N[C@H](C(=O)N[C@@H](CC(N)=O)C(=O)N[C@H](C(=O)N[C@@H](CC(N)=O)C(=O)N[C@@H](CCC(N)=O)C(=O)N[C@@H](CC(C)C)C(=O)O)C(C)C)C(C)C)C(C)C)[C@@H](C)O. The molecule has 0 aromatic heterocycles. The van der Waals surface area contributed by atoms with E-state index >= 15 is 0 Å². The van der Waals surface area contributed by atoms with Crippen molar-refractivity contribution < 1.29 is 155 Å². The number of aliphatic carboxylic acids is 3. The van der Waals surface area contributed by atoms with Crippen molar-refractivity contribution in [1.29, 1.82) is 5.41 Å². The van der Waals surface area contributed by atoms with E-state index in [1.54, 1.807) is 27.7 Å². The summed E-state index contributed by atoms with van der Waals surface area (Å²) in [5, 5.41) is 115. The van der Waals surface area contributed by atoms with Gasteiger partial charge in [0.1, 0.15) is 109 Å². The normalized spacial score (nSPS) is 15.4. The van der Waals surface area contributed by atoms with Gasteiger partial charge in [-0.05, 0) is 116 Å². The summed E-state index contributed by atoms with van der Waals surface area (Å²) in [7, 11) is 0. The lowest BCUT2D eigenvalue weighted by Crippen LogP contribution is -2.62. The summed E-state index contributed by atoms with van der Waals surface area (Å²) in [4.78, 5) is 344. The van der Waals surface area contributed by atoms with E-state index in [-0.39, 0.29) is 44.2 Å². The molecule has 146 heavy (non-hydrogen) atoms. The van der Waals surface area contributed by atoms with Crippen LogP contribution >= 0.6 is 0 Å². The number of carboxylic acid groups (broad SMARTS) is 3. The topological polar surface area (TPSA) is 998 Å². The van der Waals surface area contributed by atoms with Crippen molar-refractivity contribution in [2.75, 3.05) is 39.4 Å². The van der Waals surface area contributed by atoms with E-state index in [1.165, 1.54) is 48.5 Å². The van der Waals surface area contributed by atoms with Crippen molar-refractivity contribution in [3.8, 4) is 0 Å². The molecule has 23 amide bonds. The molecule has 0 saturated heterocycles. The van der Waals surface area contributed by atoms with Crippen LogP contribution in [0.2, 0.25) is 0 Å². The Morgan fingerprint density at radius 1 is 0.308 bits per heavy atom. The van der Waals surface area contributed by atoms with Gasteiger partial charge in [0.05, 0.1) is 64.1 Å². The van der Waals surface area contributed by atoms with E-state index in [4.69, 9.17) is 39.8 Å². The smallest absolute Gasteiger partial charge is 0.326 e. The number of hydrogen-bond donors (Lipinski definition) is 34. The quantitative estimate of drug-likeness (QED) is 0.0153. The van der Waals surface area contributed by atoms with E-state index in [1.807, 2.05) is 16.0 Å². The van der Waals surface area contributed by atoms with Gasteiger partial charge in [0.25, 0.3) is 0 Å². The van der Waals surface area contributed by atoms with Gasteiger partial charge in [0.15, 0.2) is 5.96 Å². The molecule has 824 valence electrons. The van der Waals surface area contributed by atoms with E-state index in [0.29, 0.717) is 25.7 Å². The zero-order chi connectivity index (χ0) is 112. The fraction of sp³-hybridized carbons (Fsp3) is 0.686. The summed E-state index contributed by atoms with van der Waals surface area (Å²) in [6.45, 7) is 16.8. The van der Waals surface area contributed by atoms with Crippen LogP contribution in [-0.4, -0.2) is 351 Å². The number of amides is 23. The van der Waals surface area contributed by atoms with Crippen molar-refractivity contribution in [3.63, 3.8) is 0 Å². The van der Waals surface area contributed by atoms with Gasteiger partial charge in [-0.1, -0.05) is 75.7 Å². The third kappa shape index (κ3) is 50.0. The largest absolute Gasteiger partial charge is 0.481 e. The number of carbonyl (C=O) groups is 26. The first kappa shape index (κ1) is 131. The zero-order valence-corrected chi connectivity index (χ0v) is 84.1. The molecule has 0 radical (unpaired) electrons. The monoisotopic (exact) mass is 2090 g/mol. The Kier molecular flexibility index (Phi) is 59.6. The maximum Gasteiger partial charge on any atom is 0.326 e. The molecule has 0 aromatic carbocycles. The number of nitrogens with two attached hydrogens (primary N) is 6. The Bertz CT molecular complexity index is 4580. The average Bonchev–Trinajstić information content (AvgIpc) is 0.845. The molecule has 60 heteroatoms. The lowest BCUT2D eigenvalue weighted by Gasteiger charge is -2.29. The van der Waals surface area contributed by atoms with Crippen LogP contribution in [0, 0.1) is 35.0 Å². The number of rotatable bonds is 70. The number of unbranched alkanes of at least 4 members (excludes halogenated alkanes) is 1. The lowest BCUT2D eigenvalue weighted by atomic mass is 9.96. The van der Waals surface area contributed by atoms with E-state index in [2.05, 4.69) is 95.7 Å². The number of guanidine groups is 1. The second-order valence-electron chi connectivity index (χ2n) is 36.1. The van der Waals surface area contributed by atoms with Crippen molar-refractivity contribution in [3.05, 3.63) is 0 Å². The molecular weight excluding hydrogens is 1940 g/mol. The van der Waals surface area contributed by atoms with Crippen LogP contribution in [0.4, 0.5) is 0 Å². The van der Waals surface area contributed by atoms with Gasteiger partial charge in [-0.25, -0.2) is 4.79 Å². The molecular formula is C86H148N28O32. The molecule has 0 rings (SSSR count). The first-order valence-corrected chi connectivity index (χ1v) is 46.8. The van der Waals surface area contributed by atoms with Gasteiger partial charge in [0, 0.05) is 13.0 Å². The van der Waals surface area contributed by atoms with Crippen molar-refractivity contribution >= 4 is 160 Å². The minimum absolute atomic E-state index is 0.0682. The number of carboxylic acids is 3. The number of aliphatic hydroxyl groups excluding tert-OH is 3. The van der Waals surface area contributed by atoms with Crippen LogP contribution in [0.25, 0.3) is 0 Å². The van der Waals surface area contributed by atoms with Crippen molar-refractivity contribution in [2.45, 2.75) is 308 Å². The van der Waals surface area contributed by atoms with Crippen LogP contribution in [-0.2, 0) is 125 Å². The minimum Gasteiger partial charge on any atom is -0.481 e. The Labute approximate surface area is 840 Å². The first-order chi connectivity index (χ1) is 67.9. The highest BCUT2D eigenvalue weighted by Gasteiger charge is 2.42. The summed E-state index contributed by atoms with van der Waals surface area (Å²) in [6.07, 6.45) is -5.42.